The lowest BCUT2D eigenvalue weighted by Crippen LogP contribution is -2.31. The van der Waals surface area contributed by atoms with Crippen molar-refractivity contribution >= 4 is 23.0 Å². The second kappa shape index (κ2) is 5.78. The van der Waals surface area contributed by atoms with Crippen molar-refractivity contribution in [3.05, 3.63) is 70.8 Å². The molecule has 0 fully saturated rings. The number of nitrogens with two attached hydrogens (primary N) is 1. The van der Waals surface area contributed by atoms with Gasteiger partial charge in [0.15, 0.2) is 5.11 Å². The highest BCUT2D eigenvalue weighted by Crippen LogP contribution is 2.33. The summed E-state index contributed by atoms with van der Waals surface area (Å²) in [6.07, 6.45) is 4.47. The Balaban J connectivity index is 1.68. The van der Waals surface area contributed by atoms with Gasteiger partial charge in [0.25, 0.3) is 0 Å². The first kappa shape index (κ1) is 14.4. The predicted octanol–water partition coefficient (Wildman–Crippen LogP) is 3.57. The molecule has 4 heteroatoms. The zero-order chi connectivity index (χ0) is 15.8. The highest BCUT2D eigenvalue weighted by atomic mass is 32.1. The second-order valence-electron chi connectivity index (χ2n) is 6.20. The molecule has 2 N–H and O–H groups in total. The van der Waals surface area contributed by atoms with Gasteiger partial charge in [0.05, 0.1) is 11.8 Å². The fourth-order valence-electron chi connectivity index (χ4n) is 3.57. The molecule has 0 radical (unpaired) electrons. The lowest BCUT2D eigenvalue weighted by atomic mass is 9.96. The lowest BCUT2D eigenvalue weighted by Gasteiger charge is -2.21. The first-order valence-corrected chi connectivity index (χ1v) is 8.46. The van der Waals surface area contributed by atoms with Crippen LogP contribution in [0, 0.1) is 0 Å². The smallest absolute Gasteiger partial charge is 0.187 e. The fourth-order valence-corrected chi connectivity index (χ4v) is 3.74. The maximum atomic E-state index is 5.91. The Morgan fingerprint density at radius 3 is 2.65 bits per heavy atom. The molecule has 0 bridgehead atoms. The van der Waals surface area contributed by atoms with Gasteiger partial charge in [0, 0.05) is 6.42 Å². The van der Waals surface area contributed by atoms with Crippen LogP contribution in [0.25, 0.3) is 0 Å². The summed E-state index contributed by atoms with van der Waals surface area (Å²) in [6.45, 7) is 0. The van der Waals surface area contributed by atoms with E-state index in [4.69, 9.17) is 23.1 Å². The molecule has 1 aliphatic heterocycles. The van der Waals surface area contributed by atoms with Crippen molar-refractivity contribution in [3.63, 3.8) is 0 Å². The molecule has 2 aromatic rings. The predicted molar refractivity (Wildman–Crippen MR) is 97.4 cm³/mol. The molecule has 0 amide bonds. The minimum absolute atomic E-state index is 0.0944. The summed E-state index contributed by atoms with van der Waals surface area (Å²) in [7, 11) is 0. The monoisotopic (exact) mass is 321 g/mol. The Labute approximate surface area is 141 Å². The molecule has 0 saturated carbocycles. The van der Waals surface area contributed by atoms with E-state index >= 15 is 0 Å². The first-order chi connectivity index (χ1) is 11.2. The van der Waals surface area contributed by atoms with E-state index in [1.165, 1.54) is 41.5 Å². The second-order valence-corrected chi connectivity index (χ2v) is 6.62. The molecule has 1 aliphatic carbocycles. The molecule has 116 valence electrons. The standard InChI is InChI=1S/C19H19N3S/c20-19(23)22-18(14-5-2-1-3-6-14)12-17(21-22)16-10-9-13-7-4-8-15(13)11-16/h1-3,5-6,9-11,18H,4,7-8,12H2,(H2,20,23)/t18-/m1/s1. The molecular weight excluding hydrogens is 302 g/mol. The highest BCUT2D eigenvalue weighted by Gasteiger charge is 2.30. The van der Waals surface area contributed by atoms with Crippen LogP contribution >= 0.6 is 12.2 Å². The van der Waals surface area contributed by atoms with Gasteiger partial charge in [-0.1, -0.05) is 42.5 Å². The molecule has 0 saturated heterocycles. The summed E-state index contributed by atoms with van der Waals surface area (Å²) in [5.41, 5.74) is 12.3. The van der Waals surface area contributed by atoms with Crippen molar-refractivity contribution in [1.29, 1.82) is 0 Å². The van der Waals surface area contributed by atoms with Gasteiger partial charge in [-0.25, -0.2) is 5.01 Å². The van der Waals surface area contributed by atoms with Gasteiger partial charge in [-0.2, -0.15) is 5.10 Å². The van der Waals surface area contributed by atoms with E-state index in [-0.39, 0.29) is 6.04 Å². The molecule has 23 heavy (non-hydrogen) atoms. The highest BCUT2D eigenvalue weighted by molar-refractivity contribution is 7.80. The Bertz CT molecular complexity index is 782. The van der Waals surface area contributed by atoms with E-state index in [0.717, 1.165) is 12.1 Å². The number of aryl methyl sites for hydroxylation is 2. The number of fused-ring (bicyclic) bond motifs is 1. The Morgan fingerprint density at radius 1 is 1.09 bits per heavy atom. The number of hydrazone groups is 1. The number of nitrogens with zero attached hydrogens (tertiary/aromatic N) is 2. The normalized spacial score (nSPS) is 19.6. The Hall–Kier alpha value is -2.20. The topological polar surface area (TPSA) is 41.6 Å². The SMILES string of the molecule is NC(=S)N1N=C(c2ccc3c(c2)CCC3)C[C@@H]1c1ccccc1. The summed E-state index contributed by atoms with van der Waals surface area (Å²) < 4.78 is 0. The minimum atomic E-state index is 0.0944. The van der Waals surface area contributed by atoms with Gasteiger partial charge in [-0.3, -0.25) is 0 Å². The number of hydrogen-bond donors (Lipinski definition) is 1. The largest absolute Gasteiger partial charge is 0.375 e. The zero-order valence-corrected chi connectivity index (χ0v) is 13.7. The van der Waals surface area contributed by atoms with Gasteiger partial charge < -0.3 is 5.73 Å². The molecular formula is C19H19N3S. The van der Waals surface area contributed by atoms with Crippen LogP contribution in [0.4, 0.5) is 0 Å². The van der Waals surface area contributed by atoms with Crippen molar-refractivity contribution in [2.24, 2.45) is 10.8 Å². The van der Waals surface area contributed by atoms with Crippen LogP contribution in [-0.4, -0.2) is 15.8 Å². The van der Waals surface area contributed by atoms with Crippen molar-refractivity contribution < 1.29 is 0 Å². The van der Waals surface area contributed by atoms with E-state index in [1.54, 1.807) is 5.01 Å². The van der Waals surface area contributed by atoms with Crippen LogP contribution in [0.3, 0.4) is 0 Å². The van der Waals surface area contributed by atoms with Crippen LogP contribution in [0.15, 0.2) is 53.6 Å². The van der Waals surface area contributed by atoms with Gasteiger partial charge in [-0.05, 0) is 59.8 Å². The number of rotatable bonds is 2. The van der Waals surface area contributed by atoms with Gasteiger partial charge in [0.1, 0.15) is 0 Å². The van der Waals surface area contributed by atoms with Crippen molar-refractivity contribution in [2.45, 2.75) is 31.7 Å². The molecule has 0 spiro atoms. The van der Waals surface area contributed by atoms with Gasteiger partial charge in [0.2, 0.25) is 0 Å². The van der Waals surface area contributed by atoms with Gasteiger partial charge >= 0.3 is 0 Å². The van der Waals surface area contributed by atoms with E-state index < -0.39 is 0 Å². The molecule has 1 atom stereocenters. The van der Waals surface area contributed by atoms with Crippen molar-refractivity contribution in [1.82, 2.24) is 5.01 Å². The summed E-state index contributed by atoms with van der Waals surface area (Å²) in [5, 5.41) is 6.84. The third-order valence-electron chi connectivity index (χ3n) is 4.75. The summed E-state index contributed by atoms with van der Waals surface area (Å²) in [5.74, 6) is 0. The molecule has 3 nitrogen and oxygen atoms in total. The van der Waals surface area contributed by atoms with Crippen LogP contribution < -0.4 is 5.73 Å². The number of benzene rings is 2. The fraction of sp³-hybridized carbons (Fsp3) is 0.263. The lowest BCUT2D eigenvalue weighted by molar-refractivity contribution is 0.373. The molecule has 2 aromatic carbocycles. The molecule has 0 unspecified atom stereocenters. The maximum Gasteiger partial charge on any atom is 0.187 e. The summed E-state index contributed by atoms with van der Waals surface area (Å²) in [4.78, 5) is 0. The quantitative estimate of drug-likeness (QED) is 0.860. The number of thiocarbonyl (C=S) groups is 1. The first-order valence-electron chi connectivity index (χ1n) is 8.05. The maximum absolute atomic E-state index is 5.91. The van der Waals surface area contributed by atoms with Crippen LogP contribution in [0.5, 0.6) is 0 Å². The minimum Gasteiger partial charge on any atom is -0.375 e. The van der Waals surface area contributed by atoms with Crippen molar-refractivity contribution in [2.75, 3.05) is 0 Å². The zero-order valence-electron chi connectivity index (χ0n) is 12.9. The van der Waals surface area contributed by atoms with E-state index in [0.29, 0.717) is 5.11 Å². The molecule has 0 aromatic heterocycles. The van der Waals surface area contributed by atoms with E-state index in [1.807, 2.05) is 18.2 Å². The average molecular weight is 321 g/mol. The van der Waals surface area contributed by atoms with Gasteiger partial charge in [-0.15, -0.1) is 0 Å². The van der Waals surface area contributed by atoms with Crippen LogP contribution in [0.1, 0.15) is 41.1 Å². The Kier molecular flexibility index (Phi) is 3.62. The van der Waals surface area contributed by atoms with Crippen molar-refractivity contribution in [3.8, 4) is 0 Å². The third kappa shape index (κ3) is 2.63. The summed E-state index contributed by atoms with van der Waals surface area (Å²) in [6, 6.07) is 17.2. The number of hydrogen-bond acceptors (Lipinski definition) is 2. The third-order valence-corrected chi connectivity index (χ3v) is 4.94. The van der Waals surface area contributed by atoms with E-state index in [9.17, 15) is 0 Å². The Morgan fingerprint density at radius 2 is 1.87 bits per heavy atom. The van der Waals surface area contributed by atoms with Crippen LogP contribution in [-0.2, 0) is 12.8 Å². The van der Waals surface area contributed by atoms with E-state index in [2.05, 4.69) is 30.3 Å². The average Bonchev–Trinajstić information content (AvgIpc) is 3.22. The summed E-state index contributed by atoms with van der Waals surface area (Å²) >= 11 is 5.21. The molecule has 1 heterocycles. The molecule has 4 rings (SSSR count). The van der Waals surface area contributed by atoms with Crippen LogP contribution in [0.2, 0.25) is 0 Å². The molecule has 2 aliphatic rings.